The second-order valence-corrected chi connectivity index (χ2v) is 4.25. The predicted octanol–water partition coefficient (Wildman–Crippen LogP) is 1.59. The summed E-state index contributed by atoms with van der Waals surface area (Å²) in [7, 11) is -4.74. The number of halogens is 1. The Morgan fingerprint density at radius 3 is 2.47 bits per heavy atom. The number of benzene rings is 1. The van der Waals surface area contributed by atoms with Crippen molar-refractivity contribution in [1.82, 2.24) is 0 Å². The number of carbonyl (C=O) groups excluding carboxylic acids is 1. The van der Waals surface area contributed by atoms with Gasteiger partial charge in [0.25, 0.3) is 0 Å². The molecule has 0 aliphatic heterocycles. The van der Waals surface area contributed by atoms with Gasteiger partial charge in [-0.05, 0) is 29.8 Å². The van der Waals surface area contributed by atoms with Crippen molar-refractivity contribution >= 4 is 21.8 Å². The fraction of sp³-hybridized carbons (Fsp3) is 0.125. The first kappa shape index (κ1) is 12.9. The Morgan fingerprint density at radius 2 is 2.00 bits per heavy atom. The summed E-state index contributed by atoms with van der Waals surface area (Å²) >= 11 is 0. The molecule has 0 radical (unpaired) electrons. The highest BCUT2D eigenvalue weighted by molar-refractivity contribution is 7.86. The van der Waals surface area contributed by atoms with Gasteiger partial charge in [-0.15, -0.1) is 3.89 Å². The summed E-state index contributed by atoms with van der Waals surface area (Å²) < 4.78 is 33.5. The van der Waals surface area contributed by atoms with Gasteiger partial charge < -0.3 is 5.32 Å². The predicted molar refractivity (Wildman–Crippen MR) is 57.4 cm³/mol. The summed E-state index contributed by atoms with van der Waals surface area (Å²) in [5.74, 6) is -0.557. The minimum atomic E-state index is -4.74. The number of nitrogens with zero attached hydrogens (tertiary/aromatic N) is 3. The van der Waals surface area contributed by atoms with E-state index in [1.807, 2.05) is 0 Å². The van der Waals surface area contributed by atoms with Crippen LogP contribution in [0.4, 0.5) is 9.57 Å². The average molecular weight is 258 g/mol. The fourth-order valence-electron chi connectivity index (χ4n) is 0.997. The van der Waals surface area contributed by atoms with E-state index in [0.717, 1.165) is 12.1 Å². The van der Waals surface area contributed by atoms with Crippen molar-refractivity contribution in [2.75, 3.05) is 11.9 Å². The molecule has 0 aliphatic carbocycles. The molecule has 0 bridgehead atoms. The molecule has 0 heterocycles. The van der Waals surface area contributed by atoms with Crippen LogP contribution in [0.5, 0.6) is 0 Å². The zero-order valence-corrected chi connectivity index (χ0v) is 9.19. The van der Waals surface area contributed by atoms with Crippen LogP contribution in [0.25, 0.3) is 10.4 Å². The van der Waals surface area contributed by atoms with Gasteiger partial charge in [-0.2, -0.15) is 8.42 Å². The quantitative estimate of drug-likeness (QED) is 0.383. The van der Waals surface area contributed by atoms with E-state index in [2.05, 4.69) is 15.3 Å². The molecule has 17 heavy (non-hydrogen) atoms. The van der Waals surface area contributed by atoms with Crippen molar-refractivity contribution in [3.8, 4) is 0 Å². The molecule has 0 aliphatic rings. The van der Waals surface area contributed by atoms with E-state index in [9.17, 15) is 17.1 Å². The molecule has 0 spiro atoms. The highest BCUT2D eigenvalue weighted by Crippen LogP contribution is 2.15. The lowest BCUT2D eigenvalue weighted by molar-refractivity contribution is -0.114. The van der Waals surface area contributed by atoms with Crippen molar-refractivity contribution in [2.45, 2.75) is 4.90 Å². The molecule has 7 nitrogen and oxygen atoms in total. The zero-order chi connectivity index (χ0) is 12.9. The molecule has 90 valence electrons. The largest absolute Gasteiger partial charge is 0.332 e. The second-order valence-electron chi connectivity index (χ2n) is 2.90. The van der Waals surface area contributed by atoms with Gasteiger partial charge in [-0.1, -0.05) is 5.11 Å². The van der Waals surface area contributed by atoms with Crippen LogP contribution in [-0.2, 0) is 15.0 Å². The van der Waals surface area contributed by atoms with E-state index >= 15 is 0 Å². The standard InChI is InChI=1S/C8H7FN4O3S/c9-17(15,16)7-3-1-6(2-4-7)12-8(14)5-11-13-10/h1-4H,5H2,(H,12,14). The Kier molecular flexibility index (Phi) is 4.02. The maximum atomic E-state index is 12.5. The van der Waals surface area contributed by atoms with Crippen molar-refractivity contribution in [1.29, 1.82) is 0 Å². The maximum Gasteiger partial charge on any atom is 0.332 e. The highest BCUT2D eigenvalue weighted by Gasteiger charge is 2.11. The third-order valence-electron chi connectivity index (χ3n) is 1.70. The van der Waals surface area contributed by atoms with Crippen molar-refractivity contribution in [3.63, 3.8) is 0 Å². The Balaban J connectivity index is 2.75. The summed E-state index contributed by atoms with van der Waals surface area (Å²) in [5.41, 5.74) is 8.25. The number of anilines is 1. The molecule has 1 rings (SSSR count). The van der Waals surface area contributed by atoms with Crippen LogP contribution in [0.3, 0.4) is 0 Å². The minimum absolute atomic E-state index is 0.274. The Morgan fingerprint density at radius 1 is 1.41 bits per heavy atom. The SMILES string of the molecule is [N-]=[N+]=NCC(=O)Nc1ccc(S(=O)(=O)F)cc1. The first-order chi connectivity index (χ1) is 7.93. The van der Waals surface area contributed by atoms with Gasteiger partial charge in [0.2, 0.25) is 5.91 Å². The Labute approximate surface area is 96.1 Å². The number of azide groups is 1. The van der Waals surface area contributed by atoms with Crippen molar-refractivity contribution in [2.24, 2.45) is 5.11 Å². The number of hydrogen-bond donors (Lipinski definition) is 1. The molecule has 0 aromatic heterocycles. The lowest BCUT2D eigenvalue weighted by Crippen LogP contribution is -2.14. The highest BCUT2D eigenvalue weighted by atomic mass is 32.3. The molecule has 0 saturated carbocycles. The number of rotatable bonds is 4. The van der Waals surface area contributed by atoms with Crippen LogP contribution in [0.1, 0.15) is 0 Å². The van der Waals surface area contributed by atoms with Gasteiger partial charge in [0.15, 0.2) is 0 Å². The summed E-state index contributed by atoms with van der Waals surface area (Å²) in [5, 5.41) is 5.37. The summed E-state index contributed by atoms with van der Waals surface area (Å²) in [6, 6.07) is 4.47. The van der Waals surface area contributed by atoms with Gasteiger partial charge in [0, 0.05) is 10.6 Å². The molecule has 1 aromatic rings. The van der Waals surface area contributed by atoms with Crippen LogP contribution in [0.15, 0.2) is 34.3 Å². The van der Waals surface area contributed by atoms with E-state index in [-0.39, 0.29) is 12.2 Å². The van der Waals surface area contributed by atoms with Crippen molar-refractivity contribution in [3.05, 3.63) is 34.7 Å². The smallest absolute Gasteiger partial charge is 0.326 e. The fourth-order valence-corrected chi connectivity index (χ4v) is 1.46. The lowest BCUT2D eigenvalue weighted by atomic mass is 10.3. The number of amides is 1. The van der Waals surface area contributed by atoms with Gasteiger partial charge in [-0.25, -0.2) is 0 Å². The first-order valence-electron chi connectivity index (χ1n) is 4.29. The van der Waals surface area contributed by atoms with Crippen LogP contribution < -0.4 is 5.32 Å². The molecular formula is C8H7FN4O3S. The zero-order valence-electron chi connectivity index (χ0n) is 8.37. The van der Waals surface area contributed by atoms with E-state index < -0.39 is 21.0 Å². The van der Waals surface area contributed by atoms with Crippen LogP contribution >= 0.6 is 0 Å². The number of nitrogens with one attached hydrogen (secondary N) is 1. The average Bonchev–Trinajstić information content (AvgIpc) is 2.26. The summed E-state index contributed by atoms with van der Waals surface area (Å²) in [4.78, 5) is 13.0. The molecule has 1 N–H and O–H groups in total. The lowest BCUT2D eigenvalue weighted by Gasteiger charge is -2.03. The first-order valence-corrected chi connectivity index (χ1v) is 5.67. The maximum absolute atomic E-state index is 12.5. The van der Waals surface area contributed by atoms with Gasteiger partial charge in [-0.3, -0.25) is 4.79 Å². The van der Waals surface area contributed by atoms with Crippen LogP contribution in [-0.4, -0.2) is 20.9 Å². The molecule has 0 unspecified atom stereocenters. The van der Waals surface area contributed by atoms with Crippen LogP contribution in [0.2, 0.25) is 0 Å². The van der Waals surface area contributed by atoms with Crippen LogP contribution in [0, 0.1) is 0 Å². The monoisotopic (exact) mass is 258 g/mol. The van der Waals surface area contributed by atoms with Gasteiger partial charge >= 0.3 is 10.2 Å². The molecule has 1 amide bonds. The number of hydrogen-bond acceptors (Lipinski definition) is 4. The molecule has 0 atom stereocenters. The number of carbonyl (C=O) groups is 1. The topological polar surface area (TPSA) is 112 Å². The molecule has 1 aromatic carbocycles. The third-order valence-corrected chi connectivity index (χ3v) is 2.53. The summed E-state index contributed by atoms with van der Waals surface area (Å²) in [6.07, 6.45) is 0. The molecule has 0 saturated heterocycles. The second kappa shape index (κ2) is 5.28. The van der Waals surface area contributed by atoms with Gasteiger partial charge in [0.1, 0.15) is 6.54 Å². The Bertz CT molecular complexity index is 563. The molecule has 0 fully saturated rings. The van der Waals surface area contributed by atoms with E-state index in [1.54, 1.807) is 0 Å². The molecule has 9 heteroatoms. The third kappa shape index (κ3) is 4.09. The van der Waals surface area contributed by atoms with Gasteiger partial charge in [0.05, 0.1) is 4.90 Å². The normalized spacial score (nSPS) is 10.4. The minimum Gasteiger partial charge on any atom is -0.326 e. The van der Waals surface area contributed by atoms with E-state index in [4.69, 9.17) is 5.53 Å². The van der Waals surface area contributed by atoms with E-state index in [0.29, 0.717) is 0 Å². The summed E-state index contributed by atoms with van der Waals surface area (Å²) in [6.45, 7) is -0.375. The van der Waals surface area contributed by atoms with E-state index in [1.165, 1.54) is 12.1 Å². The molecular weight excluding hydrogens is 251 g/mol. The van der Waals surface area contributed by atoms with Crippen molar-refractivity contribution < 1.29 is 17.1 Å². The Hall–Kier alpha value is -2.12.